The second-order valence-corrected chi connectivity index (χ2v) is 7.45. The molecule has 1 heterocycles. The van der Waals surface area contributed by atoms with Crippen LogP contribution in [0.15, 0.2) is 42.5 Å². The maximum absolute atomic E-state index is 10.2. The molecule has 1 saturated heterocycles. The summed E-state index contributed by atoms with van der Waals surface area (Å²) in [6.07, 6.45) is 1.16. The molecule has 0 aromatic heterocycles. The van der Waals surface area contributed by atoms with Crippen molar-refractivity contribution in [2.45, 2.75) is 65.0 Å². The van der Waals surface area contributed by atoms with E-state index >= 15 is 0 Å². The number of rotatable bonds is 6. The molecule has 3 atom stereocenters. The van der Waals surface area contributed by atoms with Gasteiger partial charge in [-0.25, -0.2) is 0 Å². The number of hydrogen-bond donors (Lipinski definition) is 1. The largest absolute Gasteiger partial charge is 0.494 e. The van der Waals surface area contributed by atoms with Gasteiger partial charge in [-0.15, -0.1) is 0 Å². The van der Waals surface area contributed by atoms with Crippen LogP contribution in [0.2, 0.25) is 5.02 Å². The molecular weight excluding hydrogens is 388 g/mol. The summed E-state index contributed by atoms with van der Waals surface area (Å²) in [6, 6.07) is 13.8. The first-order chi connectivity index (χ1) is 14.0. The van der Waals surface area contributed by atoms with Gasteiger partial charge in [0.2, 0.25) is 0 Å². The van der Waals surface area contributed by atoms with Gasteiger partial charge < -0.3 is 19.3 Å². The summed E-state index contributed by atoms with van der Waals surface area (Å²) in [6.45, 7) is 8.57. The second-order valence-electron chi connectivity index (χ2n) is 7.04. The summed E-state index contributed by atoms with van der Waals surface area (Å²) in [5, 5.41) is 10.9. The van der Waals surface area contributed by atoms with Crippen LogP contribution in [0, 0.1) is 0 Å². The highest BCUT2D eigenvalue weighted by Gasteiger charge is 2.42. The Kier molecular flexibility index (Phi) is 8.97. The van der Waals surface area contributed by atoms with E-state index in [2.05, 4.69) is 0 Å². The monoisotopic (exact) mass is 420 g/mol. The van der Waals surface area contributed by atoms with Gasteiger partial charge in [0.05, 0.1) is 18.8 Å². The molecule has 0 aliphatic carbocycles. The van der Waals surface area contributed by atoms with Crippen LogP contribution in [0.25, 0.3) is 0 Å². The molecule has 1 N–H and O–H groups in total. The minimum Gasteiger partial charge on any atom is -0.494 e. The third kappa shape index (κ3) is 5.95. The van der Waals surface area contributed by atoms with E-state index in [4.69, 9.17) is 25.8 Å². The highest BCUT2D eigenvalue weighted by Crippen LogP contribution is 2.39. The molecule has 29 heavy (non-hydrogen) atoms. The first kappa shape index (κ1) is 23.7. The van der Waals surface area contributed by atoms with Gasteiger partial charge in [-0.2, -0.15) is 0 Å². The van der Waals surface area contributed by atoms with E-state index in [1.807, 2.05) is 70.2 Å². The first-order valence-electron chi connectivity index (χ1n) is 10.4. The summed E-state index contributed by atoms with van der Waals surface area (Å²) in [7, 11) is 1.62. The number of ether oxygens (including phenoxy) is 3. The Labute approximate surface area is 179 Å². The van der Waals surface area contributed by atoms with Crippen LogP contribution in [0.3, 0.4) is 0 Å². The zero-order valence-electron chi connectivity index (χ0n) is 18.1. The average molecular weight is 421 g/mol. The van der Waals surface area contributed by atoms with Crippen LogP contribution in [0.1, 0.15) is 57.2 Å². The van der Waals surface area contributed by atoms with E-state index in [0.29, 0.717) is 30.9 Å². The summed E-state index contributed by atoms with van der Waals surface area (Å²) in [5.74, 6) is -0.0899. The lowest BCUT2D eigenvalue weighted by Crippen LogP contribution is -2.44. The van der Waals surface area contributed by atoms with E-state index in [-0.39, 0.29) is 6.10 Å². The highest BCUT2D eigenvalue weighted by molar-refractivity contribution is 6.31. The Bertz CT molecular complexity index is 750. The lowest BCUT2D eigenvalue weighted by Gasteiger charge is -2.41. The van der Waals surface area contributed by atoms with Gasteiger partial charge in [0.25, 0.3) is 0 Å². The molecule has 4 nitrogen and oxygen atoms in total. The van der Waals surface area contributed by atoms with Crippen molar-refractivity contribution in [1.82, 2.24) is 0 Å². The zero-order chi connectivity index (χ0) is 21.4. The molecular formula is C24H33ClO4. The van der Waals surface area contributed by atoms with Crippen molar-refractivity contribution < 1.29 is 19.3 Å². The fourth-order valence-electron chi connectivity index (χ4n) is 3.67. The quantitative estimate of drug-likeness (QED) is 0.649. The van der Waals surface area contributed by atoms with Gasteiger partial charge >= 0.3 is 0 Å². The van der Waals surface area contributed by atoms with Crippen molar-refractivity contribution in [3.8, 4) is 5.75 Å². The number of methoxy groups -OCH3 is 1. The van der Waals surface area contributed by atoms with E-state index < -0.39 is 11.9 Å². The molecule has 0 spiro atoms. The van der Waals surface area contributed by atoms with Crippen molar-refractivity contribution in [3.63, 3.8) is 0 Å². The fraction of sp³-hybridized carbons (Fsp3) is 0.500. The van der Waals surface area contributed by atoms with Gasteiger partial charge in [0.1, 0.15) is 5.75 Å². The second kappa shape index (κ2) is 11.0. The highest BCUT2D eigenvalue weighted by atomic mass is 35.5. The minimum absolute atomic E-state index is 0.0843. The van der Waals surface area contributed by atoms with Crippen LogP contribution in [0.4, 0.5) is 0 Å². The maximum Gasteiger partial charge on any atom is 0.197 e. The molecule has 1 aliphatic rings. The smallest absolute Gasteiger partial charge is 0.197 e. The van der Waals surface area contributed by atoms with Crippen molar-refractivity contribution in [3.05, 3.63) is 64.2 Å². The summed E-state index contributed by atoms with van der Waals surface area (Å²) in [4.78, 5) is 0. The third-order valence-corrected chi connectivity index (χ3v) is 5.31. The van der Waals surface area contributed by atoms with Crippen LogP contribution >= 0.6 is 11.6 Å². The number of hydrogen-bond acceptors (Lipinski definition) is 4. The Morgan fingerprint density at radius 3 is 2.45 bits per heavy atom. The normalized spacial score (nSPS) is 23.8. The summed E-state index contributed by atoms with van der Waals surface area (Å²) in [5.41, 5.74) is 3.01. The number of benzene rings is 2. The van der Waals surface area contributed by atoms with Gasteiger partial charge in [0.15, 0.2) is 5.79 Å². The van der Waals surface area contributed by atoms with E-state index in [1.54, 1.807) is 7.11 Å². The van der Waals surface area contributed by atoms with Crippen molar-refractivity contribution in [2.24, 2.45) is 0 Å². The molecule has 3 unspecified atom stereocenters. The van der Waals surface area contributed by atoms with E-state index in [0.717, 1.165) is 22.4 Å². The average Bonchev–Trinajstić information content (AvgIpc) is 2.72. The lowest BCUT2D eigenvalue weighted by atomic mass is 9.91. The topological polar surface area (TPSA) is 47.9 Å². The Balaban J connectivity index is 0.00000145. The summed E-state index contributed by atoms with van der Waals surface area (Å²) >= 11 is 6.46. The maximum atomic E-state index is 10.2. The predicted molar refractivity (Wildman–Crippen MR) is 118 cm³/mol. The Morgan fingerprint density at radius 2 is 1.86 bits per heavy atom. The van der Waals surface area contributed by atoms with Gasteiger partial charge in [0, 0.05) is 24.1 Å². The van der Waals surface area contributed by atoms with Crippen molar-refractivity contribution in [1.29, 1.82) is 0 Å². The van der Waals surface area contributed by atoms with Crippen LogP contribution in [0.5, 0.6) is 5.75 Å². The molecule has 0 saturated carbocycles. The summed E-state index contributed by atoms with van der Waals surface area (Å²) < 4.78 is 17.4. The molecule has 0 radical (unpaired) electrons. The zero-order valence-corrected chi connectivity index (χ0v) is 18.8. The first-order valence-corrected chi connectivity index (χ1v) is 10.7. The van der Waals surface area contributed by atoms with Crippen molar-refractivity contribution >= 4 is 11.6 Å². The van der Waals surface area contributed by atoms with Gasteiger partial charge in [-0.05, 0) is 62.1 Å². The Morgan fingerprint density at radius 1 is 1.17 bits per heavy atom. The van der Waals surface area contributed by atoms with Gasteiger partial charge in [-0.1, -0.05) is 43.6 Å². The number of aliphatic hydroxyl groups is 1. The standard InChI is InChI=1S/C22H27ClO4.C2H6/c1-4-26-20-8-5-16(6-9-20)12-17-13-18(7-10-21(17)23)22(25-3)14-19(24)11-15(2)27-22;1-2/h5-10,13,15,19,24H,4,11-12,14H2,1-3H3;1-2H3. The SMILES string of the molecule is CC.CCOc1ccc(Cc2cc(C3(OC)CC(O)CC(C)O3)ccc2Cl)cc1. The number of halogens is 1. The van der Waals surface area contributed by atoms with E-state index in [9.17, 15) is 5.11 Å². The van der Waals surface area contributed by atoms with Crippen LogP contribution in [-0.2, 0) is 21.7 Å². The number of aliphatic hydroxyl groups excluding tert-OH is 1. The molecule has 2 aromatic rings. The molecule has 5 heteroatoms. The van der Waals surface area contributed by atoms with Crippen LogP contribution in [-0.4, -0.2) is 31.0 Å². The Hall–Kier alpha value is -1.59. The molecule has 2 aromatic carbocycles. The lowest BCUT2D eigenvalue weighted by molar-refractivity contribution is -0.291. The van der Waals surface area contributed by atoms with E-state index in [1.165, 1.54) is 0 Å². The molecule has 0 amide bonds. The minimum atomic E-state index is -0.949. The molecule has 1 fully saturated rings. The molecule has 1 aliphatic heterocycles. The molecule has 0 bridgehead atoms. The molecule has 3 rings (SSSR count). The van der Waals surface area contributed by atoms with Gasteiger partial charge in [-0.3, -0.25) is 0 Å². The van der Waals surface area contributed by atoms with Crippen LogP contribution < -0.4 is 4.74 Å². The fourth-order valence-corrected chi connectivity index (χ4v) is 3.85. The predicted octanol–water partition coefficient (Wildman–Crippen LogP) is 5.71. The van der Waals surface area contributed by atoms with Crippen molar-refractivity contribution in [2.75, 3.05) is 13.7 Å². The third-order valence-electron chi connectivity index (χ3n) is 4.94. The molecule has 160 valence electrons.